The lowest BCUT2D eigenvalue weighted by atomic mass is 9.81. The maximum absolute atomic E-state index is 3.00. The van der Waals surface area contributed by atoms with Crippen molar-refractivity contribution in [1.82, 2.24) is 0 Å². The topological polar surface area (TPSA) is 6.48 Å². The summed E-state index contributed by atoms with van der Waals surface area (Å²) in [5.41, 5.74) is 35.4. The molecule has 0 aromatic heterocycles. The Morgan fingerprint density at radius 3 is 0.939 bits per heavy atom. The standard InChI is InChI=1S/C75H68N2.C3H8.C2H4/c1-45-35-47(3)71(48(4)36-45)76(57-29-33-63-59-23-13-15-25-65(59)73(7,8)69(63)43-57)55-21-17-19-51(39-55)53-27-31-61-62-32-28-54(42-68(62)75(11,12)67(61)41-53)52-20-18-22-56(40-52)77(72-49(5)37-46(2)38-50(72)6)58-30-34-64-60-24-14-16-26-66(60)74(9,10)70(64)44-58;1-3-2;1-2/h13-44H,1-12H3;3H2,1-2H3;1-2H2. The van der Waals surface area contributed by atoms with Gasteiger partial charge in [-0.1, -0.05) is 206 Å². The average Bonchev–Trinajstić information content (AvgIpc) is 3.30. The number of benzene rings is 10. The summed E-state index contributed by atoms with van der Waals surface area (Å²) in [7, 11) is 0. The smallest absolute Gasteiger partial charge is 0.0520 e. The van der Waals surface area contributed by atoms with Crippen molar-refractivity contribution in [2.24, 2.45) is 0 Å². The Labute approximate surface area is 490 Å². The lowest BCUT2D eigenvalue weighted by Crippen LogP contribution is -2.17. The highest BCUT2D eigenvalue weighted by molar-refractivity contribution is 5.92. The van der Waals surface area contributed by atoms with Crippen LogP contribution in [0.5, 0.6) is 0 Å². The van der Waals surface area contributed by atoms with Gasteiger partial charge in [0, 0.05) is 39.0 Å². The van der Waals surface area contributed by atoms with E-state index >= 15 is 0 Å². The first-order chi connectivity index (χ1) is 39.3. The van der Waals surface area contributed by atoms with E-state index in [9.17, 15) is 0 Å². The highest BCUT2D eigenvalue weighted by atomic mass is 15.2. The van der Waals surface area contributed by atoms with Crippen molar-refractivity contribution in [2.45, 2.75) is 120 Å². The zero-order valence-corrected chi connectivity index (χ0v) is 51.0. The predicted molar refractivity (Wildman–Crippen MR) is 355 cm³/mol. The van der Waals surface area contributed by atoms with Gasteiger partial charge in [-0.2, -0.15) is 0 Å². The molecule has 13 rings (SSSR count). The highest BCUT2D eigenvalue weighted by Gasteiger charge is 2.39. The third-order valence-corrected chi connectivity index (χ3v) is 17.9. The maximum Gasteiger partial charge on any atom is 0.0520 e. The molecule has 410 valence electrons. The van der Waals surface area contributed by atoms with Crippen LogP contribution in [-0.4, -0.2) is 0 Å². The molecule has 0 saturated heterocycles. The maximum atomic E-state index is 3.00. The second-order valence-electron chi connectivity index (χ2n) is 24.9. The van der Waals surface area contributed by atoms with Crippen LogP contribution in [0, 0.1) is 41.5 Å². The molecule has 0 amide bonds. The van der Waals surface area contributed by atoms with Crippen molar-refractivity contribution >= 4 is 34.1 Å². The summed E-state index contributed by atoms with van der Waals surface area (Å²) in [5, 5.41) is 0. The van der Waals surface area contributed by atoms with E-state index in [1.807, 2.05) is 0 Å². The molecule has 2 heteroatoms. The van der Waals surface area contributed by atoms with E-state index in [0.29, 0.717) is 0 Å². The number of fused-ring (bicyclic) bond motifs is 9. The van der Waals surface area contributed by atoms with Gasteiger partial charge >= 0.3 is 0 Å². The first-order valence-corrected chi connectivity index (χ1v) is 29.6. The normalized spacial score (nSPS) is 13.9. The zero-order chi connectivity index (χ0) is 58.2. The highest BCUT2D eigenvalue weighted by Crippen LogP contribution is 2.55. The SMILES string of the molecule is C=C.CCC.Cc1cc(C)c(N(c2cccc(-c3ccc4c(c3)C(C)(C)c3cc(-c5cccc(N(c6ccc7c(c6)C(C)(C)c6ccccc6-7)c6c(C)cc(C)cc6C)c5)ccc3-4)c2)c2ccc3c(c2)C(C)(C)c2ccccc2-3)c(C)c1. The van der Waals surface area contributed by atoms with E-state index in [1.165, 1.54) is 152 Å². The van der Waals surface area contributed by atoms with Crippen LogP contribution in [-0.2, 0) is 16.2 Å². The summed E-state index contributed by atoms with van der Waals surface area (Å²) in [4.78, 5) is 5.01. The number of nitrogens with zero attached hydrogens (tertiary/aromatic N) is 2. The minimum atomic E-state index is -0.222. The van der Waals surface area contributed by atoms with Crippen molar-refractivity contribution in [2.75, 3.05) is 9.80 Å². The average molecular weight is 1070 g/mol. The van der Waals surface area contributed by atoms with Crippen LogP contribution in [0.3, 0.4) is 0 Å². The molecule has 0 spiro atoms. The Morgan fingerprint density at radius 1 is 0.293 bits per heavy atom. The molecule has 0 N–H and O–H groups in total. The fourth-order valence-corrected chi connectivity index (χ4v) is 14.3. The van der Waals surface area contributed by atoms with Gasteiger partial charge in [0.15, 0.2) is 0 Å². The van der Waals surface area contributed by atoms with Crippen molar-refractivity contribution in [3.8, 4) is 55.6 Å². The van der Waals surface area contributed by atoms with Gasteiger partial charge in [-0.3, -0.25) is 0 Å². The summed E-state index contributed by atoms with van der Waals surface area (Å²) in [6.07, 6.45) is 1.25. The molecule has 0 fully saturated rings. The first-order valence-electron chi connectivity index (χ1n) is 29.6. The van der Waals surface area contributed by atoms with Gasteiger partial charge in [-0.25, -0.2) is 0 Å². The summed E-state index contributed by atoms with van der Waals surface area (Å²) in [5.74, 6) is 0. The van der Waals surface area contributed by atoms with Crippen LogP contribution in [0.25, 0.3) is 55.6 Å². The predicted octanol–water partition coefficient (Wildman–Crippen LogP) is 22.9. The largest absolute Gasteiger partial charge is 0.310 e. The molecule has 10 aromatic rings. The first kappa shape index (κ1) is 55.4. The number of hydrogen-bond donors (Lipinski definition) is 0. The number of rotatable bonds is 8. The van der Waals surface area contributed by atoms with Crippen molar-refractivity contribution < 1.29 is 0 Å². The van der Waals surface area contributed by atoms with Crippen molar-refractivity contribution in [3.05, 3.63) is 274 Å². The van der Waals surface area contributed by atoms with Gasteiger partial charge < -0.3 is 9.80 Å². The minimum Gasteiger partial charge on any atom is -0.310 e. The quantitative estimate of drug-likeness (QED) is 0.140. The van der Waals surface area contributed by atoms with Crippen LogP contribution in [0.1, 0.15) is 129 Å². The van der Waals surface area contributed by atoms with Gasteiger partial charge in [-0.05, 0) is 213 Å². The van der Waals surface area contributed by atoms with E-state index in [0.717, 1.165) is 11.4 Å². The molecule has 0 heterocycles. The molecule has 2 nitrogen and oxygen atoms in total. The van der Waals surface area contributed by atoms with E-state index < -0.39 is 0 Å². The van der Waals surface area contributed by atoms with Gasteiger partial charge in [0.1, 0.15) is 0 Å². The fourth-order valence-electron chi connectivity index (χ4n) is 14.3. The zero-order valence-electron chi connectivity index (χ0n) is 51.0. The number of hydrogen-bond acceptors (Lipinski definition) is 2. The number of anilines is 6. The summed E-state index contributed by atoms with van der Waals surface area (Å²) < 4.78 is 0. The Morgan fingerprint density at radius 2 is 0.573 bits per heavy atom. The van der Waals surface area contributed by atoms with Crippen LogP contribution in [0.2, 0.25) is 0 Å². The second kappa shape index (κ2) is 21.1. The lowest BCUT2D eigenvalue weighted by molar-refractivity contribution is 0.660. The molecular formula is C80H80N2. The molecule has 0 saturated carbocycles. The molecule has 0 bridgehead atoms. The second-order valence-corrected chi connectivity index (χ2v) is 24.9. The molecular weight excluding hydrogens is 989 g/mol. The van der Waals surface area contributed by atoms with Gasteiger partial charge in [-0.15, -0.1) is 13.2 Å². The molecule has 10 aromatic carbocycles. The van der Waals surface area contributed by atoms with Gasteiger partial charge in [0.2, 0.25) is 0 Å². The van der Waals surface area contributed by atoms with E-state index in [-0.39, 0.29) is 16.2 Å². The molecule has 0 radical (unpaired) electrons. The van der Waals surface area contributed by atoms with Crippen LogP contribution >= 0.6 is 0 Å². The molecule has 0 aliphatic heterocycles. The van der Waals surface area contributed by atoms with Gasteiger partial charge in [0.25, 0.3) is 0 Å². The molecule has 3 aliphatic carbocycles. The third kappa shape index (κ3) is 9.12. The van der Waals surface area contributed by atoms with Crippen molar-refractivity contribution in [1.29, 1.82) is 0 Å². The number of aryl methyl sites for hydroxylation is 6. The summed E-state index contributed by atoms with van der Waals surface area (Å²) in [6.45, 7) is 38.0. The van der Waals surface area contributed by atoms with E-state index in [1.54, 1.807) is 0 Å². The Balaban J connectivity index is 0.00000137. The Kier molecular flexibility index (Phi) is 14.3. The van der Waals surface area contributed by atoms with Crippen LogP contribution in [0.4, 0.5) is 34.1 Å². The molecule has 0 atom stereocenters. The summed E-state index contributed by atoms with van der Waals surface area (Å²) in [6, 6.07) is 74.2. The molecule has 0 unspecified atom stereocenters. The summed E-state index contributed by atoms with van der Waals surface area (Å²) >= 11 is 0. The minimum absolute atomic E-state index is 0.108. The van der Waals surface area contributed by atoms with Crippen LogP contribution in [0.15, 0.2) is 207 Å². The monoisotopic (exact) mass is 1070 g/mol. The lowest BCUT2D eigenvalue weighted by Gasteiger charge is -2.31. The molecule has 3 aliphatic rings. The fraction of sp³-hybridized carbons (Fsp3) is 0.225. The Hall–Kier alpha value is -8.46. The molecule has 82 heavy (non-hydrogen) atoms. The van der Waals surface area contributed by atoms with Crippen LogP contribution < -0.4 is 9.80 Å². The Bertz CT molecular complexity index is 3830. The van der Waals surface area contributed by atoms with E-state index in [4.69, 9.17) is 0 Å². The third-order valence-electron chi connectivity index (χ3n) is 17.9. The van der Waals surface area contributed by atoms with Gasteiger partial charge in [0.05, 0.1) is 11.4 Å². The van der Waals surface area contributed by atoms with E-state index in [2.05, 4.69) is 314 Å². The van der Waals surface area contributed by atoms with Crippen molar-refractivity contribution in [3.63, 3.8) is 0 Å².